The molecule has 0 spiro atoms. The van der Waals surface area contributed by atoms with E-state index in [2.05, 4.69) is 11.1 Å². The lowest BCUT2D eigenvalue weighted by Gasteiger charge is -2.15. The van der Waals surface area contributed by atoms with Gasteiger partial charge in [-0.1, -0.05) is 17.8 Å². The highest BCUT2D eigenvalue weighted by Crippen LogP contribution is 2.38. The first-order valence-corrected chi connectivity index (χ1v) is 7.34. The van der Waals surface area contributed by atoms with Gasteiger partial charge in [0.15, 0.2) is 4.34 Å². The summed E-state index contributed by atoms with van der Waals surface area (Å²) in [7, 11) is 1.67. The van der Waals surface area contributed by atoms with Crippen LogP contribution in [0.2, 0.25) is 0 Å². The smallest absolute Gasteiger partial charge is 0.154 e. The zero-order valence-electron chi connectivity index (χ0n) is 10.6. The Labute approximate surface area is 115 Å². The number of ether oxygens (including phenoxy) is 1. The molecular formula is C13H16N2OS2. The number of hydrogen-bond acceptors (Lipinski definition) is 5. The number of thiazole rings is 1. The number of nitrogens with two attached hydrogens (primary N) is 1. The molecule has 0 amide bonds. The van der Waals surface area contributed by atoms with Gasteiger partial charge in [-0.05, 0) is 26.0 Å². The van der Waals surface area contributed by atoms with Gasteiger partial charge in [0.1, 0.15) is 5.75 Å². The van der Waals surface area contributed by atoms with Gasteiger partial charge < -0.3 is 10.5 Å². The lowest BCUT2D eigenvalue weighted by molar-refractivity contribution is 0.405. The molecule has 1 aromatic carbocycles. The predicted molar refractivity (Wildman–Crippen MR) is 76.6 cm³/mol. The van der Waals surface area contributed by atoms with Crippen LogP contribution in [0.15, 0.2) is 32.8 Å². The number of benzene rings is 1. The van der Waals surface area contributed by atoms with Crippen molar-refractivity contribution in [3.63, 3.8) is 0 Å². The number of nitrogens with zero attached hydrogens (tertiary/aromatic N) is 1. The molecule has 1 atom stereocenters. The molecule has 0 saturated heterocycles. The topological polar surface area (TPSA) is 48.1 Å². The second-order valence-electron chi connectivity index (χ2n) is 4.02. The van der Waals surface area contributed by atoms with Crippen LogP contribution < -0.4 is 10.5 Å². The maximum atomic E-state index is 6.04. The van der Waals surface area contributed by atoms with E-state index in [0.29, 0.717) is 0 Å². The maximum Gasteiger partial charge on any atom is 0.154 e. The second kappa shape index (κ2) is 5.73. The summed E-state index contributed by atoms with van der Waals surface area (Å²) in [5, 5.41) is 2.05. The number of aryl methyl sites for hydroxylation is 1. The van der Waals surface area contributed by atoms with Crippen molar-refractivity contribution >= 4 is 23.1 Å². The van der Waals surface area contributed by atoms with Crippen LogP contribution in [0.4, 0.5) is 0 Å². The van der Waals surface area contributed by atoms with Gasteiger partial charge in [-0.15, -0.1) is 11.3 Å². The van der Waals surface area contributed by atoms with E-state index in [1.54, 1.807) is 30.2 Å². The molecule has 0 saturated carbocycles. The van der Waals surface area contributed by atoms with E-state index in [-0.39, 0.29) is 6.04 Å². The van der Waals surface area contributed by atoms with Crippen molar-refractivity contribution in [2.45, 2.75) is 29.1 Å². The van der Waals surface area contributed by atoms with Crippen LogP contribution in [-0.4, -0.2) is 12.1 Å². The van der Waals surface area contributed by atoms with Crippen molar-refractivity contribution in [2.24, 2.45) is 5.73 Å². The lowest BCUT2D eigenvalue weighted by Crippen LogP contribution is -2.08. The molecule has 2 aromatic rings. The Kier molecular flexibility index (Phi) is 4.27. The first kappa shape index (κ1) is 13.4. The Bertz CT molecular complexity index is 538. The SMILES string of the molecule is COc1cccc(Sc2nc(C)cs2)c1C(C)N. The van der Waals surface area contributed by atoms with Crippen LogP contribution >= 0.6 is 23.1 Å². The molecule has 2 N–H and O–H groups in total. The van der Waals surface area contributed by atoms with Crippen molar-refractivity contribution in [1.29, 1.82) is 0 Å². The average Bonchev–Trinajstić information content (AvgIpc) is 2.74. The van der Waals surface area contributed by atoms with Gasteiger partial charge in [0.25, 0.3) is 0 Å². The highest BCUT2D eigenvalue weighted by atomic mass is 32.2. The molecule has 0 bridgehead atoms. The molecular weight excluding hydrogens is 264 g/mol. The van der Waals surface area contributed by atoms with E-state index in [1.807, 2.05) is 31.4 Å². The number of methoxy groups -OCH3 is 1. The van der Waals surface area contributed by atoms with Crippen molar-refractivity contribution in [3.8, 4) is 5.75 Å². The van der Waals surface area contributed by atoms with Crippen LogP contribution in [0, 0.1) is 6.92 Å². The van der Waals surface area contributed by atoms with Crippen LogP contribution in [0.5, 0.6) is 5.75 Å². The van der Waals surface area contributed by atoms with Gasteiger partial charge in [-0.3, -0.25) is 0 Å². The average molecular weight is 280 g/mol. The van der Waals surface area contributed by atoms with Crippen molar-refractivity contribution < 1.29 is 4.74 Å². The molecule has 0 aliphatic carbocycles. The minimum atomic E-state index is -0.0651. The normalized spacial score (nSPS) is 12.4. The third-order valence-corrected chi connectivity index (χ3v) is 4.63. The predicted octanol–water partition coefficient (Wildman–Crippen LogP) is 3.63. The molecule has 0 aliphatic heterocycles. The fraction of sp³-hybridized carbons (Fsp3) is 0.308. The molecule has 1 heterocycles. The van der Waals surface area contributed by atoms with Gasteiger partial charge in [-0.25, -0.2) is 4.98 Å². The zero-order valence-corrected chi connectivity index (χ0v) is 12.3. The fourth-order valence-corrected chi connectivity index (χ4v) is 3.76. The summed E-state index contributed by atoms with van der Waals surface area (Å²) in [4.78, 5) is 5.57. The molecule has 1 aromatic heterocycles. The number of hydrogen-bond donors (Lipinski definition) is 1. The summed E-state index contributed by atoms with van der Waals surface area (Å²) in [6.07, 6.45) is 0. The third kappa shape index (κ3) is 2.85. The lowest BCUT2D eigenvalue weighted by atomic mass is 10.1. The van der Waals surface area contributed by atoms with E-state index in [9.17, 15) is 0 Å². The fourth-order valence-electron chi connectivity index (χ4n) is 1.71. The number of rotatable bonds is 4. The minimum Gasteiger partial charge on any atom is -0.496 e. The van der Waals surface area contributed by atoms with Gasteiger partial charge in [-0.2, -0.15) is 0 Å². The quantitative estimate of drug-likeness (QED) is 0.929. The highest BCUT2D eigenvalue weighted by Gasteiger charge is 2.15. The van der Waals surface area contributed by atoms with Gasteiger partial charge >= 0.3 is 0 Å². The van der Waals surface area contributed by atoms with Crippen molar-refractivity contribution in [1.82, 2.24) is 4.98 Å². The molecule has 18 heavy (non-hydrogen) atoms. The molecule has 0 fully saturated rings. The highest BCUT2D eigenvalue weighted by molar-refractivity contribution is 8.01. The van der Waals surface area contributed by atoms with E-state index in [1.165, 1.54) is 0 Å². The summed E-state index contributed by atoms with van der Waals surface area (Å²) in [6.45, 7) is 3.97. The zero-order chi connectivity index (χ0) is 13.1. The Hall–Kier alpha value is -1.04. The van der Waals surface area contributed by atoms with Crippen LogP contribution in [0.1, 0.15) is 24.2 Å². The summed E-state index contributed by atoms with van der Waals surface area (Å²) >= 11 is 3.29. The summed E-state index contributed by atoms with van der Waals surface area (Å²) in [6, 6.07) is 5.91. The van der Waals surface area contributed by atoms with E-state index in [4.69, 9.17) is 10.5 Å². The molecule has 1 unspecified atom stereocenters. The van der Waals surface area contributed by atoms with E-state index >= 15 is 0 Å². The maximum absolute atomic E-state index is 6.04. The number of aromatic nitrogens is 1. The van der Waals surface area contributed by atoms with Crippen LogP contribution in [0.25, 0.3) is 0 Å². The van der Waals surface area contributed by atoms with Crippen molar-refractivity contribution in [2.75, 3.05) is 7.11 Å². The second-order valence-corrected chi connectivity index (χ2v) is 6.16. The molecule has 3 nitrogen and oxygen atoms in total. The van der Waals surface area contributed by atoms with Gasteiger partial charge in [0.2, 0.25) is 0 Å². The minimum absolute atomic E-state index is 0.0651. The van der Waals surface area contributed by atoms with E-state index < -0.39 is 0 Å². The first-order chi connectivity index (χ1) is 8.61. The Morgan fingerprint density at radius 2 is 2.22 bits per heavy atom. The van der Waals surface area contributed by atoms with E-state index in [0.717, 1.165) is 26.2 Å². The third-order valence-electron chi connectivity index (χ3n) is 2.50. The molecule has 0 radical (unpaired) electrons. The van der Waals surface area contributed by atoms with Gasteiger partial charge in [0.05, 0.1) is 7.11 Å². The monoisotopic (exact) mass is 280 g/mol. The summed E-state index contributed by atoms with van der Waals surface area (Å²) in [5.41, 5.74) is 8.13. The van der Waals surface area contributed by atoms with Crippen LogP contribution in [-0.2, 0) is 0 Å². The summed E-state index contributed by atoms with van der Waals surface area (Å²) in [5.74, 6) is 0.836. The largest absolute Gasteiger partial charge is 0.496 e. The standard InChI is InChI=1S/C13H16N2OS2/c1-8-7-17-13(15-8)18-11-6-4-5-10(16-3)12(11)9(2)14/h4-7,9H,14H2,1-3H3. The molecule has 2 rings (SSSR count). The van der Waals surface area contributed by atoms with Crippen molar-refractivity contribution in [3.05, 3.63) is 34.8 Å². The molecule has 96 valence electrons. The Morgan fingerprint density at radius 3 is 2.78 bits per heavy atom. The van der Waals surface area contributed by atoms with Crippen LogP contribution in [0.3, 0.4) is 0 Å². The Morgan fingerprint density at radius 1 is 1.44 bits per heavy atom. The Balaban J connectivity index is 2.37. The molecule has 0 aliphatic rings. The first-order valence-electron chi connectivity index (χ1n) is 5.64. The molecule has 5 heteroatoms. The van der Waals surface area contributed by atoms with Gasteiger partial charge in [0, 0.05) is 27.6 Å². The summed E-state index contributed by atoms with van der Waals surface area (Å²) < 4.78 is 6.41.